The molecule has 2 aromatic carbocycles. The van der Waals surface area contributed by atoms with Crippen LogP contribution < -0.4 is 20.5 Å². The Labute approximate surface area is 189 Å². The molecule has 0 fully saturated rings. The van der Waals surface area contributed by atoms with Gasteiger partial charge in [-0.05, 0) is 50.6 Å². The summed E-state index contributed by atoms with van der Waals surface area (Å²) in [5, 5.41) is 8.48. The Morgan fingerprint density at radius 3 is 2.41 bits per heavy atom. The number of aromatic nitrogens is 2. The molecule has 2 N–H and O–H groups in total. The lowest BCUT2D eigenvalue weighted by molar-refractivity contribution is -0.897. The molecule has 170 valence electrons. The van der Waals surface area contributed by atoms with Gasteiger partial charge in [-0.15, -0.1) is 0 Å². The van der Waals surface area contributed by atoms with Crippen molar-refractivity contribution in [2.75, 3.05) is 32.8 Å². The number of ether oxygens (including phenoxy) is 1. The minimum atomic E-state index is -0.271. The van der Waals surface area contributed by atoms with E-state index in [-0.39, 0.29) is 17.2 Å². The van der Waals surface area contributed by atoms with E-state index < -0.39 is 0 Å². The van der Waals surface area contributed by atoms with Gasteiger partial charge in [0.05, 0.1) is 43.9 Å². The Bertz CT molecular complexity index is 1090. The third-order valence-corrected chi connectivity index (χ3v) is 5.56. The number of benzene rings is 2. The van der Waals surface area contributed by atoms with Gasteiger partial charge in [0.2, 0.25) is 0 Å². The van der Waals surface area contributed by atoms with Crippen LogP contribution >= 0.6 is 0 Å². The van der Waals surface area contributed by atoms with Crippen molar-refractivity contribution in [1.29, 1.82) is 0 Å². The zero-order valence-corrected chi connectivity index (χ0v) is 19.2. The van der Waals surface area contributed by atoms with E-state index in [2.05, 4.69) is 24.3 Å². The maximum absolute atomic E-state index is 13.1. The first-order chi connectivity index (χ1) is 15.6. The molecule has 3 rings (SSSR count). The maximum atomic E-state index is 13.1. The molecule has 1 unspecified atom stereocenters. The van der Waals surface area contributed by atoms with Crippen LogP contribution in [0.15, 0.2) is 53.3 Å². The number of fused-ring (bicyclic) bond motifs is 1. The average Bonchev–Trinajstić information content (AvgIpc) is 2.82. The summed E-state index contributed by atoms with van der Waals surface area (Å²) in [6.45, 7) is 10.4. The molecule has 1 amide bonds. The van der Waals surface area contributed by atoms with Crippen LogP contribution in [0.1, 0.15) is 44.1 Å². The SMILES string of the molecule is CCCC[NH+](CC)CCNC(=O)c1nn(-c2ccc(OCC)cc2)c(=O)c2ccccc12. The molecule has 0 aliphatic heterocycles. The zero-order valence-electron chi connectivity index (χ0n) is 19.2. The summed E-state index contributed by atoms with van der Waals surface area (Å²) in [6.07, 6.45) is 2.34. The number of unbranched alkanes of at least 4 members (excludes halogenated alkanes) is 1. The number of likely N-dealkylation sites (N-methyl/N-ethyl adjacent to an activating group) is 1. The second-order valence-electron chi connectivity index (χ2n) is 7.75. The Morgan fingerprint density at radius 2 is 1.75 bits per heavy atom. The molecule has 1 atom stereocenters. The highest BCUT2D eigenvalue weighted by atomic mass is 16.5. The van der Waals surface area contributed by atoms with Crippen LogP contribution in [0, 0.1) is 0 Å². The molecular formula is C25H33N4O3+. The van der Waals surface area contributed by atoms with E-state index >= 15 is 0 Å². The fraction of sp³-hybridized carbons (Fsp3) is 0.400. The molecule has 7 heteroatoms. The topological polar surface area (TPSA) is 77.7 Å². The molecule has 3 aromatic rings. The molecule has 0 aliphatic carbocycles. The van der Waals surface area contributed by atoms with Crippen LogP contribution in [0.25, 0.3) is 16.5 Å². The molecule has 0 saturated carbocycles. The maximum Gasteiger partial charge on any atom is 0.279 e. The number of carbonyl (C=O) groups excluding carboxylic acids is 1. The highest BCUT2D eigenvalue weighted by Crippen LogP contribution is 2.17. The molecule has 1 heterocycles. The molecule has 0 radical (unpaired) electrons. The third-order valence-electron chi connectivity index (χ3n) is 5.56. The van der Waals surface area contributed by atoms with E-state index in [0.717, 1.165) is 19.6 Å². The molecule has 0 saturated heterocycles. The minimum Gasteiger partial charge on any atom is -0.494 e. The van der Waals surface area contributed by atoms with Gasteiger partial charge in [0, 0.05) is 5.39 Å². The summed E-state index contributed by atoms with van der Waals surface area (Å²) in [6, 6.07) is 14.2. The smallest absolute Gasteiger partial charge is 0.279 e. The Kier molecular flexibility index (Phi) is 8.39. The van der Waals surface area contributed by atoms with Crippen molar-refractivity contribution in [3.8, 4) is 11.4 Å². The normalized spacial score (nSPS) is 12.0. The molecule has 0 spiro atoms. The Morgan fingerprint density at radius 1 is 1.03 bits per heavy atom. The third kappa shape index (κ3) is 5.53. The monoisotopic (exact) mass is 437 g/mol. The van der Waals surface area contributed by atoms with Crippen molar-refractivity contribution in [3.05, 3.63) is 64.6 Å². The van der Waals surface area contributed by atoms with E-state index in [1.807, 2.05) is 13.0 Å². The Balaban J connectivity index is 1.88. The number of nitrogens with zero attached hydrogens (tertiary/aromatic N) is 2. The molecule has 1 aromatic heterocycles. The highest BCUT2D eigenvalue weighted by Gasteiger charge is 2.18. The second-order valence-corrected chi connectivity index (χ2v) is 7.75. The van der Waals surface area contributed by atoms with Crippen molar-refractivity contribution >= 4 is 16.7 Å². The number of hydrogen-bond acceptors (Lipinski definition) is 4. The first-order valence-electron chi connectivity index (χ1n) is 11.5. The first-order valence-corrected chi connectivity index (χ1v) is 11.5. The molecule has 0 aliphatic rings. The quantitative estimate of drug-likeness (QED) is 0.482. The number of amides is 1. The number of nitrogens with one attached hydrogen (secondary N) is 2. The van der Waals surface area contributed by atoms with Gasteiger partial charge < -0.3 is 15.0 Å². The van der Waals surface area contributed by atoms with Crippen LogP contribution in [0.4, 0.5) is 0 Å². The summed E-state index contributed by atoms with van der Waals surface area (Å²) in [4.78, 5) is 27.6. The van der Waals surface area contributed by atoms with Gasteiger partial charge in [0.25, 0.3) is 11.5 Å². The zero-order chi connectivity index (χ0) is 22.9. The Hall–Kier alpha value is -3.19. The number of quaternary nitrogens is 1. The summed E-state index contributed by atoms with van der Waals surface area (Å²) in [7, 11) is 0. The predicted molar refractivity (Wildman–Crippen MR) is 127 cm³/mol. The van der Waals surface area contributed by atoms with Crippen LogP contribution in [0.3, 0.4) is 0 Å². The standard InChI is InChI=1S/C25H32N4O3/c1-4-7-17-28(5-2)18-16-26-24(30)23-21-10-8-9-11-22(21)25(31)29(27-23)19-12-14-20(15-13-19)32-6-3/h8-15H,4-7,16-18H2,1-3H3,(H,26,30)/p+1. The van der Waals surface area contributed by atoms with E-state index in [4.69, 9.17) is 4.74 Å². The fourth-order valence-corrected chi connectivity index (χ4v) is 3.72. The van der Waals surface area contributed by atoms with E-state index in [1.54, 1.807) is 42.5 Å². The van der Waals surface area contributed by atoms with Gasteiger partial charge in [0.1, 0.15) is 5.75 Å². The first kappa shape index (κ1) is 23.5. The summed E-state index contributed by atoms with van der Waals surface area (Å²) >= 11 is 0. The van der Waals surface area contributed by atoms with Crippen molar-refractivity contribution in [2.24, 2.45) is 0 Å². The van der Waals surface area contributed by atoms with Crippen molar-refractivity contribution in [3.63, 3.8) is 0 Å². The van der Waals surface area contributed by atoms with Crippen LogP contribution in [0.5, 0.6) is 5.75 Å². The van der Waals surface area contributed by atoms with Crippen LogP contribution in [-0.4, -0.2) is 48.5 Å². The largest absolute Gasteiger partial charge is 0.494 e. The lowest BCUT2D eigenvalue weighted by atomic mass is 10.1. The average molecular weight is 438 g/mol. The van der Waals surface area contributed by atoms with Gasteiger partial charge in [0.15, 0.2) is 5.69 Å². The number of carbonyl (C=O) groups is 1. The molecular weight excluding hydrogens is 404 g/mol. The van der Waals surface area contributed by atoms with Gasteiger partial charge in [-0.1, -0.05) is 31.5 Å². The lowest BCUT2D eigenvalue weighted by Crippen LogP contribution is -3.12. The fourth-order valence-electron chi connectivity index (χ4n) is 3.72. The predicted octanol–water partition coefficient (Wildman–Crippen LogP) is 2.22. The lowest BCUT2D eigenvalue weighted by Gasteiger charge is -2.17. The molecule has 7 nitrogen and oxygen atoms in total. The second kappa shape index (κ2) is 11.4. The minimum absolute atomic E-state index is 0.251. The summed E-state index contributed by atoms with van der Waals surface area (Å²) in [5.74, 6) is 0.445. The van der Waals surface area contributed by atoms with Gasteiger partial charge in [-0.2, -0.15) is 9.78 Å². The number of hydrogen-bond donors (Lipinski definition) is 2. The molecule has 32 heavy (non-hydrogen) atoms. The van der Waals surface area contributed by atoms with Gasteiger partial charge in [-0.25, -0.2) is 0 Å². The van der Waals surface area contributed by atoms with Crippen LogP contribution in [0.2, 0.25) is 0 Å². The van der Waals surface area contributed by atoms with E-state index in [1.165, 1.54) is 22.4 Å². The summed E-state index contributed by atoms with van der Waals surface area (Å²) in [5.41, 5.74) is 0.572. The van der Waals surface area contributed by atoms with Crippen molar-refractivity contribution < 1.29 is 14.4 Å². The van der Waals surface area contributed by atoms with Crippen molar-refractivity contribution in [2.45, 2.75) is 33.6 Å². The van der Waals surface area contributed by atoms with E-state index in [0.29, 0.717) is 35.4 Å². The van der Waals surface area contributed by atoms with Crippen LogP contribution in [-0.2, 0) is 0 Å². The molecule has 0 bridgehead atoms. The van der Waals surface area contributed by atoms with Gasteiger partial charge in [-0.3, -0.25) is 9.59 Å². The summed E-state index contributed by atoms with van der Waals surface area (Å²) < 4.78 is 6.77. The van der Waals surface area contributed by atoms with Gasteiger partial charge >= 0.3 is 0 Å². The highest BCUT2D eigenvalue weighted by molar-refractivity contribution is 6.04. The van der Waals surface area contributed by atoms with E-state index in [9.17, 15) is 9.59 Å². The van der Waals surface area contributed by atoms with Crippen molar-refractivity contribution in [1.82, 2.24) is 15.1 Å². The number of rotatable bonds is 11.